The third kappa shape index (κ3) is 3.86. The number of rotatable bonds is 3. The topological polar surface area (TPSA) is 34.4 Å². The van der Waals surface area contributed by atoms with E-state index in [4.69, 9.17) is 4.36 Å². The molecule has 1 aromatic heterocycles. The Morgan fingerprint density at radius 2 is 1.24 bits per heavy atom. The molecule has 0 radical (unpaired) electrons. The first-order valence-corrected chi connectivity index (χ1v) is 18.3. The molecule has 7 aromatic carbocycles. The van der Waals surface area contributed by atoms with Crippen molar-refractivity contribution >= 4 is 58.6 Å². The summed E-state index contributed by atoms with van der Waals surface area (Å²) in [4.78, 5) is 0.692. The summed E-state index contributed by atoms with van der Waals surface area (Å²) in [7, 11) is -3.21. The van der Waals surface area contributed by atoms with Crippen LogP contribution in [0.5, 0.6) is 0 Å². The minimum atomic E-state index is -3.21. The third-order valence-electron chi connectivity index (χ3n) is 10.6. The average Bonchev–Trinajstić information content (AvgIpc) is 3.59. The van der Waals surface area contributed by atoms with Crippen molar-refractivity contribution in [3.8, 4) is 11.1 Å². The molecule has 0 bridgehead atoms. The van der Waals surface area contributed by atoms with Gasteiger partial charge < -0.3 is 0 Å². The Morgan fingerprint density at radius 1 is 0.571 bits per heavy atom. The molecular formula is C45H32N2OS. The summed E-state index contributed by atoms with van der Waals surface area (Å²) in [6.07, 6.45) is 0. The van der Waals surface area contributed by atoms with Crippen molar-refractivity contribution in [2.24, 2.45) is 4.36 Å². The van der Waals surface area contributed by atoms with Crippen LogP contribution in [0.2, 0.25) is 0 Å². The lowest BCUT2D eigenvalue weighted by atomic mass is 9.82. The van der Waals surface area contributed by atoms with E-state index >= 15 is 4.21 Å². The fraction of sp³-hybridized carbons (Fsp3) is 0.0667. The van der Waals surface area contributed by atoms with Gasteiger partial charge in [0.1, 0.15) is 14.8 Å². The smallest absolute Gasteiger partial charge is 0.134 e. The van der Waals surface area contributed by atoms with Crippen LogP contribution in [0.3, 0.4) is 0 Å². The quantitative estimate of drug-likeness (QED) is 0.188. The van der Waals surface area contributed by atoms with Crippen molar-refractivity contribution in [3.05, 3.63) is 180 Å². The lowest BCUT2D eigenvalue weighted by Gasteiger charge is -2.27. The molecule has 0 saturated carbocycles. The van der Waals surface area contributed by atoms with Gasteiger partial charge in [-0.15, -0.1) is 0 Å². The van der Waals surface area contributed by atoms with Crippen molar-refractivity contribution in [2.75, 3.05) is 0 Å². The Morgan fingerprint density at radius 3 is 2.06 bits per heavy atom. The second kappa shape index (κ2) is 10.1. The van der Waals surface area contributed by atoms with Gasteiger partial charge in [0.05, 0.1) is 21.6 Å². The molecule has 1 atom stereocenters. The van der Waals surface area contributed by atoms with Gasteiger partial charge in [0.15, 0.2) is 0 Å². The molecule has 4 heteroatoms. The Balaban J connectivity index is 1.46. The van der Waals surface area contributed by atoms with Crippen LogP contribution in [-0.2, 0) is 15.1 Å². The highest BCUT2D eigenvalue weighted by Crippen LogP contribution is 2.53. The third-order valence-corrected chi connectivity index (χ3v) is 12.8. The van der Waals surface area contributed by atoms with Gasteiger partial charge >= 0.3 is 0 Å². The molecule has 0 fully saturated rings. The van der Waals surface area contributed by atoms with Crippen LogP contribution in [0.25, 0.3) is 54.3 Å². The second-order valence-electron chi connectivity index (χ2n) is 13.6. The summed E-state index contributed by atoms with van der Waals surface area (Å²) in [6, 6.07) is 54.9. The molecule has 8 aromatic rings. The summed E-state index contributed by atoms with van der Waals surface area (Å²) < 4.78 is 23.7. The number of hydrogen-bond donors (Lipinski definition) is 0. The fourth-order valence-corrected chi connectivity index (χ4v) is 10.6. The minimum absolute atomic E-state index is 0.204. The maximum absolute atomic E-state index is 16.2. The predicted molar refractivity (Wildman–Crippen MR) is 205 cm³/mol. The van der Waals surface area contributed by atoms with Crippen LogP contribution in [0, 0.1) is 0 Å². The van der Waals surface area contributed by atoms with Gasteiger partial charge in [-0.3, -0.25) is 4.57 Å². The Bertz CT molecular complexity index is 2830. The van der Waals surface area contributed by atoms with E-state index < -0.39 is 9.73 Å². The van der Waals surface area contributed by atoms with Crippen LogP contribution >= 0.6 is 0 Å². The predicted octanol–water partition coefficient (Wildman–Crippen LogP) is 11.8. The maximum Gasteiger partial charge on any atom is 0.134 e. The largest absolute Gasteiger partial charge is 0.300 e. The number of fused-ring (bicyclic) bond motifs is 9. The fourth-order valence-electron chi connectivity index (χ4n) is 8.29. The minimum Gasteiger partial charge on any atom is -0.300 e. The number of nitrogens with zero attached hydrogens (tertiary/aromatic N) is 2. The summed E-state index contributed by atoms with van der Waals surface area (Å²) in [6.45, 7) is 4.64. The summed E-state index contributed by atoms with van der Waals surface area (Å²) in [5, 5.41) is 5.36. The van der Waals surface area contributed by atoms with E-state index in [1.165, 1.54) is 33.0 Å². The van der Waals surface area contributed by atoms with E-state index in [0.29, 0.717) is 9.92 Å². The molecule has 0 amide bonds. The zero-order valence-corrected chi connectivity index (χ0v) is 28.0. The first-order valence-electron chi connectivity index (χ1n) is 16.8. The van der Waals surface area contributed by atoms with E-state index in [0.717, 1.165) is 44.2 Å². The molecule has 1 aliphatic carbocycles. The second-order valence-corrected chi connectivity index (χ2v) is 15.7. The van der Waals surface area contributed by atoms with Crippen LogP contribution < -0.4 is 0 Å². The van der Waals surface area contributed by atoms with E-state index in [1.54, 1.807) is 0 Å². The number of benzene rings is 7. The molecule has 0 spiro atoms. The van der Waals surface area contributed by atoms with Crippen molar-refractivity contribution < 1.29 is 4.21 Å². The van der Waals surface area contributed by atoms with E-state index in [2.05, 4.69) is 128 Å². The van der Waals surface area contributed by atoms with Crippen molar-refractivity contribution in [3.63, 3.8) is 0 Å². The highest BCUT2D eigenvalue weighted by molar-refractivity contribution is 8.02. The molecule has 1 aliphatic heterocycles. The molecule has 2 heterocycles. The van der Waals surface area contributed by atoms with Crippen LogP contribution in [-0.4, -0.2) is 8.78 Å². The van der Waals surface area contributed by atoms with Crippen LogP contribution in [0.4, 0.5) is 5.69 Å². The summed E-state index contributed by atoms with van der Waals surface area (Å²) in [5.74, 6) is 0. The number of aromatic nitrogens is 1. The monoisotopic (exact) mass is 648 g/mol. The molecule has 1 unspecified atom stereocenters. The van der Waals surface area contributed by atoms with Gasteiger partial charge in [-0.05, 0) is 75.0 Å². The molecular weight excluding hydrogens is 617 g/mol. The molecule has 2 aliphatic rings. The summed E-state index contributed by atoms with van der Waals surface area (Å²) >= 11 is 0. The first kappa shape index (κ1) is 28.3. The van der Waals surface area contributed by atoms with E-state index in [1.807, 2.05) is 48.5 Å². The zero-order valence-electron chi connectivity index (χ0n) is 27.2. The van der Waals surface area contributed by atoms with Gasteiger partial charge in [-0.1, -0.05) is 135 Å². The lowest BCUT2D eigenvalue weighted by Crippen LogP contribution is -2.17. The van der Waals surface area contributed by atoms with E-state index in [9.17, 15) is 0 Å². The molecule has 0 N–H and O–H groups in total. The molecule has 49 heavy (non-hydrogen) atoms. The van der Waals surface area contributed by atoms with Crippen molar-refractivity contribution in [1.82, 2.24) is 4.57 Å². The SMILES string of the molecule is CC1(C)c2ccccc2-c2cc3c4c5ccccc5ccc4n(C4=C(c5ccccc5)c5ccccc5N=S4(=O)c4ccccc4)c3cc21. The molecule has 10 rings (SSSR count). The maximum atomic E-state index is 16.2. The molecule has 0 saturated heterocycles. The average molecular weight is 649 g/mol. The Labute approximate surface area is 286 Å². The summed E-state index contributed by atoms with van der Waals surface area (Å²) in [5.41, 5.74) is 10.7. The highest BCUT2D eigenvalue weighted by Gasteiger charge is 2.38. The van der Waals surface area contributed by atoms with Gasteiger partial charge in [0.2, 0.25) is 0 Å². The standard InChI is InChI=1S/C45H32N2OS/c1-45(2)37-23-13-11-21-33(37)35-27-36-41(28-38(35)45)47(40-26-25-29-15-9-10-20-32(29)43(36)40)44-42(30-16-5-3-6-17-30)34-22-12-14-24-39(34)46-49(44,48)31-18-7-4-8-19-31/h3-28H,1-2H3. The normalized spacial score (nSPS) is 17.6. The zero-order chi connectivity index (χ0) is 32.9. The van der Waals surface area contributed by atoms with Gasteiger partial charge in [0.25, 0.3) is 0 Å². The van der Waals surface area contributed by atoms with E-state index in [-0.39, 0.29) is 5.41 Å². The van der Waals surface area contributed by atoms with Gasteiger partial charge in [-0.2, -0.15) is 4.36 Å². The Hall–Kier alpha value is -5.71. The van der Waals surface area contributed by atoms with Gasteiger partial charge in [-0.25, -0.2) is 4.21 Å². The van der Waals surface area contributed by atoms with Crippen LogP contribution in [0.15, 0.2) is 167 Å². The van der Waals surface area contributed by atoms with Crippen molar-refractivity contribution in [2.45, 2.75) is 24.2 Å². The molecule has 3 nitrogen and oxygen atoms in total. The first-order chi connectivity index (χ1) is 23.9. The van der Waals surface area contributed by atoms with Crippen molar-refractivity contribution in [1.29, 1.82) is 0 Å². The lowest BCUT2D eigenvalue weighted by molar-refractivity contribution is 0.661. The van der Waals surface area contributed by atoms with Gasteiger partial charge in [0, 0.05) is 27.3 Å². The number of hydrogen-bond acceptors (Lipinski definition) is 2. The highest BCUT2D eigenvalue weighted by atomic mass is 32.2. The molecule has 234 valence electrons. The Kier molecular flexibility index (Phi) is 5.86. The van der Waals surface area contributed by atoms with Crippen LogP contribution in [0.1, 0.15) is 36.1 Å².